The van der Waals surface area contributed by atoms with E-state index in [4.69, 9.17) is 9.72 Å². The highest BCUT2D eigenvalue weighted by Crippen LogP contribution is 2.29. The Morgan fingerprint density at radius 1 is 1.56 bits per heavy atom. The van der Waals surface area contributed by atoms with E-state index in [1.165, 1.54) is 22.1 Å². The summed E-state index contributed by atoms with van der Waals surface area (Å²) in [5.74, 6) is 0.803. The Kier molecular flexibility index (Phi) is 4.97. The minimum atomic E-state index is 0.758. The van der Waals surface area contributed by atoms with E-state index < -0.39 is 0 Å². The van der Waals surface area contributed by atoms with Gasteiger partial charge in [-0.15, -0.1) is 11.3 Å². The normalized spacial score (nSPS) is 19.7. The maximum Gasteiger partial charge on any atom is 0.185 e. The first-order chi connectivity index (χ1) is 8.70. The molecule has 1 aliphatic rings. The maximum absolute atomic E-state index is 5.03. The molecule has 1 fully saturated rings. The molecule has 0 amide bonds. The molecule has 1 atom stereocenters. The van der Waals surface area contributed by atoms with Crippen LogP contribution in [0, 0.1) is 12.8 Å². The Morgan fingerprint density at radius 3 is 3.06 bits per heavy atom. The van der Waals surface area contributed by atoms with Crippen LogP contribution in [0.2, 0.25) is 0 Å². The zero-order chi connectivity index (χ0) is 13.0. The third-order valence-corrected chi connectivity index (χ3v) is 4.56. The lowest BCUT2D eigenvalue weighted by atomic mass is 10.2. The molecule has 0 aliphatic carbocycles. The van der Waals surface area contributed by atoms with Crippen molar-refractivity contribution in [2.75, 3.05) is 38.3 Å². The summed E-state index contributed by atoms with van der Waals surface area (Å²) in [6, 6.07) is 0. The van der Waals surface area contributed by atoms with Crippen LogP contribution in [-0.4, -0.2) is 38.3 Å². The van der Waals surface area contributed by atoms with Crippen molar-refractivity contribution in [3.63, 3.8) is 0 Å². The maximum atomic E-state index is 5.03. The van der Waals surface area contributed by atoms with Crippen molar-refractivity contribution in [2.24, 2.45) is 5.92 Å². The molecule has 5 heteroatoms. The Bertz CT molecular complexity index is 380. The fourth-order valence-corrected chi connectivity index (χ4v) is 3.26. The van der Waals surface area contributed by atoms with Crippen LogP contribution in [0.4, 0.5) is 5.13 Å². The molecule has 1 aromatic rings. The first-order valence-corrected chi connectivity index (χ1v) is 7.43. The number of anilines is 1. The average Bonchev–Trinajstić information content (AvgIpc) is 2.92. The smallest absolute Gasteiger partial charge is 0.185 e. The Hall–Kier alpha value is -0.650. The van der Waals surface area contributed by atoms with Gasteiger partial charge in [-0.2, -0.15) is 0 Å². The van der Waals surface area contributed by atoms with E-state index in [1.807, 2.05) is 11.3 Å². The van der Waals surface area contributed by atoms with E-state index in [1.54, 1.807) is 7.11 Å². The van der Waals surface area contributed by atoms with Gasteiger partial charge in [0.2, 0.25) is 0 Å². The molecule has 0 spiro atoms. The summed E-state index contributed by atoms with van der Waals surface area (Å²) in [7, 11) is 1.73. The molecule has 1 aliphatic heterocycles. The van der Waals surface area contributed by atoms with Gasteiger partial charge in [0.05, 0.1) is 12.3 Å². The lowest BCUT2D eigenvalue weighted by Crippen LogP contribution is -2.18. The molecule has 1 aromatic heterocycles. The summed E-state index contributed by atoms with van der Waals surface area (Å²) in [5, 5.41) is 4.58. The largest absolute Gasteiger partial charge is 0.383 e. The second-order valence-electron chi connectivity index (χ2n) is 5.01. The van der Waals surface area contributed by atoms with Crippen molar-refractivity contribution in [3.8, 4) is 0 Å². The zero-order valence-corrected chi connectivity index (χ0v) is 12.3. The van der Waals surface area contributed by atoms with Gasteiger partial charge in [0.1, 0.15) is 0 Å². The van der Waals surface area contributed by atoms with E-state index >= 15 is 0 Å². The third kappa shape index (κ3) is 3.43. The number of hydrogen-bond donors (Lipinski definition) is 1. The van der Waals surface area contributed by atoms with Gasteiger partial charge in [-0.05, 0) is 19.3 Å². The highest BCUT2D eigenvalue weighted by molar-refractivity contribution is 7.15. The molecular weight excluding hydrogens is 246 g/mol. The Labute approximate surface area is 113 Å². The second kappa shape index (κ2) is 6.50. The number of methoxy groups -OCH3 is 1. The van der Waals surface area contributed by atoms with Gasteiger partial charge in [-0.25, -0.2) is 4.98 Å². The van der Waals surface area contributed by atoms with Gasteiger partial charge in [-0.1, -0.05) is 6.92 Å². The van der Waals surface area contributed by atoms with Crippen LogP contribution < -0.4 is 10.2 Å². The fraction of sp³-hybridized carbons (Fsp3) is 0.769. The SMILES string of the molecule is COCCNCc1sc(N2CCC(C)C2)nc1C. The van der Waals surface area contributed by atoms with Gasteiger partial charge >= 0.3 is 0 Å². The van der Waals surface area contributed by atoms with Crippen LogP contribution in [0.1, 0.15) is 23.9 Å². The molecule has 1 saturated heterocycles. The van der Waals surface area contributed by atoms with Gasteiger partial charge in [-0.3, -0.25) is 0 Å². The average molecular weight is 269 g/mol. The zero-order valence-electron chi connectivity index (χ0n) is 11.5. The molecular formula is C13H23N3OS. The Morgan fingerprint density at radius 2 is 2.39 bits per heavy atom. The van der Waals surface area contributed by atoms with Crippen molar-refractivity contribution >= 4 is 16.5 Å². The fourth-order valence-electron chi connectivity index (χ4n) is 2.20. The molecule has 0 aromatic carbocycles. The van der Waals surface area contributed by atoms with Crippen LogP contribution in [0.5, 0.6) is 0 Å². The molecule has 4 nitrogen and oxygen atoms in total. The molecule has 1 unspecified atom stereocenters. The van der Waals surface area contributed by atoms with Crippen LogP contribution in [0.3, 0.4) is 0 Å². The summed E-state index contributed by atoms with van der Waals surface area (Å²) < 4.78 is 5.03. The molecule has 2 heterocycles. The minimum Gasteiger partial charge on any atom is -0.383 e. The topological polar surface area (TPSA) is 37.4 Å². The van der Waals surface area contributed by atoms with Crippen molar-refractivity contribution in [3.05, 3.63) is 10.6 Å². The van der Waals surface area contributed by atoms with E-state index in [0.717, 1.165) is 38.7 Å². The number of thiazole rings is 1. The molecule has 0 bridgehead atoms. The van der Waals surface area contributed by atoms with Crippen molar-refractivity contribution in [1.29, 1.82) is 0 Å². The third-order valence-electron chi connectivity index (χ3n) is 3.34. The lowest BCUT2D eigenvalue weighted by molar-refractivity contribution is 0.199. The van der Waals surface area contributed by atoms with Crippen molar-refractivity contribution in [2.45, 2.75) is 26.8 Å². The first-order valence-electron chi connectivity index (χ1n) is 6.61. The number of aryl methyl sites for hydroxylation is 1. The number of nitrogens with one attached hydrogen (secondary N) is 1. The minimum absolute atomic E-state index is 0.758. The van der Waals surface area contributed by atoms with E-state index in [-0.39, 0.29) is 0 Å². The summed E-state index contributed by atoms with van der Waals surface area (Å²) >= 11 is 1.83. The summed E-state index contributed by atoms with van der Waals surface area (Å²) in [6.07, 6.45) is 1.29. The van der Waals surface area contributed by atoms with E-state index in [9.17, 15) is 0 Å². The quantitative estimate of drug-likeness (QED) is 0.802. The Balaban J connectivity index is 1.90. The predicted molar refractivity (Wildman–Crippen MR) is 76.4 cm³/mol. The van der Waals surface area contributed by atoms with Gasteiger partial charge < -0.3 is 15.0 Å². The van der Waals surface area contributed by atoms with E-state index in [0.29, 0.717) is 0 Å². The second-order valence-corrected chi connectivity index (χ2v) is 6.08. The molecule has 0 saturated carbocycles. The first kappa shape index (κ1) is 13.8. The van der Waals surface area contributed by atoms with Gasteiger partial charge in [0, 0.05) is 38.2 Å². The van der Waals surface area contributed by atoms with Crippen LogP contribution in [0.25, 0.3) is 0 Å². The van der Waals surface area contributed by atoms with Gasteiger partial charge in [0.15, 0.2) is 5.13 Å². The highest BCUT2D eigenvalue weighted by atomic mass is 32.1. The summed E-state index contributed by atoms with van der Waals surface area (Å²) in [6.45, 7) is 9.28. The number of rotatable bonds is 6. The molecule has 2 rings (SSSR count). The molecule has 1 N–H and O–H groups in total. The number of ether oxygens (including phenoxy) is 1. The molecule has 0 radical (unpaired) electrons. The van der Waals surface area contributed by atoms with Crippen molar-refractivity contribution < 1.29 is 4.74 Å². The standard InChI is InChI=1S/C13H23N3OS/c1-10-4-6-16(9-10)13-15-11(2)12(18-13)8-14-5-7-17-3/h10,14H,4-9H2,1-3H3. The van der Waals surface area contributed by atoms with Crippen LogP contribution in [0.15, 0.2) is 0 Å². The monoisotopic (exact) mass is 269 g/mol. The highest BCUT2D eigenvalue weighted by Gasteiger charge is 2.22. The van der Waals surface area contributed by atoms with Crippen LogP contribution >= 0.6 is 11.3 Å². The lowest BCUT2D eigenvalue weighted by Gasteiger charge is -2.13. The summed E-state index contributed by atoms with van der Waals surface area (Å²) in [4.78, 5) is 8.46. The molecule has 102 valence electrons. The van der Waals surface area contributed by atoms with Crippen molar-refractivity contribution in [1.82, 2.24) is 10.3 Å². The van der Waals surface area contributed by atoms with E-state index in [2.05, 4.69) is 24.1 Å². The predicted octanol–water partition coefficient (Wildman–Crippen LogP) is 2.03. The molecule has 18 heavy (non-hydrogen) atoms. The number of nitrogens with zero attached hydrogens (tertiary/aromatic N) is 2. The number of aromatic nitrogens is 1. The summed E-state index contributed by atoms with van der Waals surface area (Å²) in [5.41, 5.74) is 1.17. The number of hydrogen-bond acceptors (Lipinski definition) is 5. The van der Waals surface area contributed by atoms with Gasteiger partial charge in [0.25, 0.3) is 0 Å². The van der Waals surface area contributed by atoms with Crippen LogP contribution in [-0.2, 0) is 11.3 Å².